The molecule has 0 heterocycles. The van der Waals surface area contributed by atoms with Gasteiger partial charge in [0, 0.05) is 18.7 Å². The quantitative estimate of drug-likeness (QED) is 0.720. The zero-order valence-electron chi connectivity index (χ0n) is 15.2. The maximum atomic E-state index is 12.5. The maximum absolute atomic E-state index is 12.5. The van der Waals surface area contributed by atoms with Crippen molar-refractivity contribution in [1.82, 2.24) is 4.31 Å². The van der Waals surface area contributed by atoms with Crippen molar-refractivity contribution in [3.8, 4) is 11.5 Å². The Morgan fingerprint density at radius 2 is 1.74 bits per heavy atom. The third kappa shape index (κ3) is 5.85. The molecule has 9 heteroatoms. The molecule has 2 aromatic rings. The molecule has 0 saturated heterocycles. The van der Waals surface area contributed by atoms with Crippen molar-refractivity contribution in [2.45, 2.75) is 6.54 Å². The van der Waals surface area contributed by atoms with E-state index in [-0.39, 0.29) is 13.1 Å². The number of methoxy groups -OCH3 is 2. The second-order valence-corrected chi connectivity index (χ2v) is 8.14. The van der Waals surface area contributed by atoms with E-state index < -0.39 is 15.9 Å². The van der Waals surface area contributed by atoms with Crippen molar-refractivity contribution in [2.24, 2.45) is 0 Å². The molecule has 1 N–H and O–H groups in total. The molecule has 0 unspecified atom stereocenters. The van der Waals surface area contributed by atoms with Crippen LogP contribution in [0.15, 0.2) is 42.5 Å². The number of sulfonamides is 1. The predicted octanol–water partition coefficient (Wildman–Crippen LogP) is 2.76. The Morgan fingerprint density at radius 3 is 2.30 bits per heavy atom. The van der Waals surface area contributed by atoms with Gasteiger partial charge in [0.1, 0.15) is 11.5 Å². The first-order valence-corrected chi connectivity index (χ1v) is 10.2. The molecular weight excluding hydrogens is 392 g/mol. The average Bonchev–Trinajstić information content (AvgIpc) is 2.62. The van der Waals surface area contributed by atoms with Crippen LogP contribution in [0.25, 0.3) is 0 Å². The van der Waals surface area contributed by atoms with E-state index in [1.165, 1.54) is 26.4 Å². The minimum Gasteiger partial charge on any atom is -0.495 e. The molecule has 2 rings (SSSR count). The lowest BCUT2D eigenvalue weighted by atomic mass is 10.2. The van der Waals surface area contributed by atoms with Crippen LogP contribution in [0.3, 0.4) is 0 Å². The lowest BCUT2D eigenvalue weighted by Gasteiger charge is -2.20. The standard InChI is InChI=1S/C18H21ClN2O5S/c1-25-16-10-15(17(26-2)9-14(16)19)20-18(22)12-21(27(3,23)24)11-13-7-5-4-6-8-13/h4-10H,11-12H2,1-3H3,(H,20,22). The fraction of sp³-hybridized carbons (Fsp3) is 0.278. The normalized spacial score (nSPS) is 11.3. The summed E-state index contributed by atoms with van der Waals surface area (Å²) in [6.45, 7) is -0.254. The number of nitrogens with one attached hydrogen (secondary N) is 1. The summed E-state index contributed by atoms with van der Waals surface area (Å²) in [7, 11) is -0.705. The molecule has 1 amide bonds. The van der Waals surface area contributed by atoms with Gasteiger partial charge in [0.25, 0.3) is 0 Å². The van der Waals surface area contributed by atoms with Crippen LogP contribution in [0, 0.1) is 0 Å². The van der Waals surface area contributed by atoms with E-state index in [9.17, 15) is 13.2 Å². The number of carbonyl (C=O) groups is 1. The maximum Gasteiger partial charge on any atom is 0.239 e. The van der Waals surface area contributed by atoms with E-state index in [0.717, 1.165) is 16.1 Å². The van der Waals surface area contributed by atoms with E-state index in [0.29, 0.717) is 22.2 Å². The van der Waals surface area contributed by atoms with Crippen LogP contribution in [-0.4, -0.2) is 45.7 Å². The minimum atomic E-state index is -3.59. The van der Waals surface area contributed by atoms with Crippen molar-refractivity contribution >= 4 is 33.2 Å². The molecule has 2 aromatic carbocycles. The smallest absolute Gasteiger partial charge is 0.239 e. The number of rotatable bonds is 8. The second kappa shape index (κ2) is 9.07. The van der Waals surface area contributed by atoms with Crippen LogP contribution in [0.5, 0.6) is 11.5 Å². The van der Waals surface area contributed by atoms with Crippen molar-refractivity contribution in [3.63, 3.8) is 0 Å². The Labute approximate surface area is 163 Å². The van der Waals surface area contributed by atoms with Gasteiger partial charge in [0.2, 0.25) is 15.9 Å². The summed E-state index contributed by atoms with van der Waals surface area (Å²) < 4.78 is 35.6. The van der Waals surface area contributed by atoms with Gasteiger partial charge >= 0.3 is 0 Å². The highest BCUT2D eigenvalue weighted by atomic mass is 35.5. The Balaban J connectivity index is 2.19. The SMILES string of the molecule is COc1cc(NC(=O)CN(Cc2ccccc2)S(C)(=O)=O)c(OC)cc1Cl. The van der Waals surface area contributed by atoms with E-state index in [4.69, 9.17) is 21.1 Å². The summed E-state index contributed by atoms with van der Waals surface area (Å²) in [4.78, 5) is 12.5. The molecule has 0 aliphatic rings. The van der Waals surface area contributed by atoms with E-state index >= 15 is 0 Å². The molecule has 0 fully saturated rings. The number of hydrogen-bond acceptors (Lipinski definition) is 5. The number of nitrogens with zero attached hydrogens (tertiary/aromatic N) is 1. The molecule has 146 valence electrons. The summed E-state index contributed by atoms with van der Waals surface area (Å²) in [5.74, 6) is 0.180. The van der Waals surface area contributed by atoms with Gasteiger partial charge in [-0.3, -0.25) is 4.79 Å². The molecular formula is C18H21ClN2O5S. The predicted molar refractivity (Wildman–Crippen MR) is 105 cm³/mol. The van der Waals surface area contributed by atoms with Crippen LogP contribution in [-0.2, 0) is 21.4 Å². The molecule has 0 radical (unpaired) electrons. The van der Waals surface area contributed by atoms with Gasteiger partial charge in [-0.1, -0.05) is 41.9 Å². The zero-order valence-corrected chi connectivity index (χ0v) is 16.8. The molecule has 7 nitrogen and oxygen atoms in total. The number of amides is 1. The highest BCUT2D eigenvalue weighted by Crippen LogP contribution is 2.35. The summed E-state index contributed by atoms with van der Waals surface area (Å²) in [6.07, 6.45) is 1.06. The average molecular weight is 413 g/mol. The van der Waals surface area contributed by atoms with Gasteiger partial charge in [-0.05, 0) is 5.56 Å². The van der Waals surface area contributed by atoms with Crippen LogP contribution < -0.4 is 14.8 Å². The van der Waals surface area contributed by atoms with Crippen LogP contribution >= 0.6 is 11.6 Å². The molecule has 0 spiro atoms. The number of ether oxygens (including phenoxy) is 2. The number of benzene rings is 2. The minimum absolute atomic E-state index is 0.0914. The molecule has 0 atom stereocenters. The lowest BCUT2D eigenvalue weighted by Crippen LogP contribution is -2.36. The number of hydrogen-bond donors (Lipinski definition) is 1. The monoisotopic (exact) mass is 412 g/mol. The first-order valence-electron chi connectivity index (χ1n) is 7.95. The number of anilines is 1. The Bertz CT molecular complexity index is 903. The Kier molecular flexibility index (Phi) is 7.06. The molecule has 0 aliphatic heterocycles. The molecule has 0 bridgehead atoms. The van der Waals surface area contributed by atoms with Gasteiger partial charge < -0.3 is 14.8 Å². The Hall–Kier alpha value is -2.29. The van der Waals surface area contributed by atoms with Gasteiger partial charge in [-0.15, -0.1) is 0 Å². The fourth-order valence-electron chi connectivity index (χ4n) is 2.39. The largest absolute Gasteiger partial charge is 0.495 e. The van der Waals surface area contributed by atoms with Crippen LogP contribution in [0.2, 0.25) is 5.02 Å². The lowest BCUT2D eigenvalue weighted by molar-refractivity contribution is -0.116. The van der Waals surface area contributed by atoms with Crippen molar-refractivity contribution in [1.29, 1.82) is 0 Å². The summed E-state index contributed by atoms with van der Waals surface area (Å²) in [5.41, 5.74) is 1.11. The topological polar surface area (TPSA) is 84.9 Å². The van der Waals surface area contributed by atoms with Gasteiger partial charge in [0.15, 0.2) is 0 Å². The molecule has 0 aromatic heterocycles. The highest BCUT2D eigenvalue weighted by Gasteiger charge is 2.21. The summed E-state index contributed by atoms with van der Waals surface area (Å²) in [6, 6.07) is 12.1. The molecule has 0 aliphatic carbocycles. The summed E-state index contributed by atoms with van der Waals surface area (Å²) in [5, 5.41) is 2.97. The van der Waals surface area contributed by atoms with E-state index in [2.05, 4.69) is 5.32 Å². The van der Waals surface area contributed by atoms with Crippen molar-refractivity contribution in [3.05, 3.63) is 53.1 Å². The van der Waals surface area contributed by atoms with Gasteiger partial charge in [-0.25, -0.2) is 8.42 Å². The van der Waals surface area contributed by atoms with E-state index in [1.54, 1.807) is 24.3 Å². The van der Waals surface area contributed by atoms with Gasteiger partial charge in [-0.2, -0.15) is 4.31 Å². The molecule has 0 saturated carbocycles. The first kappa shape index (κ1) is 21.0. The third-order valence-electron chi connectivity index (χ3n) is 3.74. The van der Waals surface area contributed by atoms with Gasteiger partial charge in [0.05, 0.1) is 37.7 Å². The zero-order chi connectivity index (χ0) is 20.0. The summed E-state index contributed by atoms with van der Waals surface area (Å²) >= 11 is 6.05. The van der Waals surface area contributed by atoms with Crippen molar-refractivity contribution < 1.29 is 22.7 Å². The first-order chi connectivity index (χ1) is 12.7. The highest BCUT2D eigenvalue weighted by molar-refractivity contribution is 7.88. The fourth-order valence-corrected chi connectivity index (χ4v) is 3.35. The Morgan fingerprint density at radius 1 is 1.11 bits per heavy atom. The van der Waals surface area contributed by atoms with Crippen LogP contribution in [0.1, 0.15) is 5.56 Å². The van der Waals surface area contributed by atoms with Crippen molar-refractivity contribution in [2.75, 3.05) is 32.3 Å². The van der Waals surface area contributed by atoms with Crippen LogP contribution in [0.4, 0.5) is 5.69 Å². The second-order valence-electron chi connectivity index (χ2n) is 5.75. The van der Waals surface area contributed by atoms with E-state index in [1.807, 2.05) is 6.07 Å². The number of carbonyl (C=O) groups excluding carboxylic acids is 1. The molecule has 27 heavy (non-hydrogen) atoms. The third-order valence-corrected chi connectivity index (χ3v) is 5.23. The number of halogens is 1.